The number of imidazole rings is 1. The number of nitrogens with one attached hydrogen (secondary N) is 2. The maximum absolute atomic E-state index is 14.8. The Labute approximate surface area is 232 Å². The minimum atomic E-state index is -0.638. The molecular formula is C29H34FN7O3. The molecule has 1 saturated heterocycles. The van der Waals surface area contributed by atoms with E-state index in [2.05, 4.69) is 30.2 Å². The van der Waals surface area contributed by atoms with Crippen LogP contribution in [-0.4, -0.2) is 74.5 Å². The lowest BCUT2D eigenvalue weighted by molar-refractivity contribution is -0.132. The number of rotatable bonds is 7. The second-order valence-corrected chi connectivity index (χ2v) is 9.23. The molecule has 2 N–H and O–H groups in total. The minimum Gasteiger partial charge on any atom is -0.450 e. The van der Waals surface area contributed by atoms with Gasteiger partial charge in [0, 0.05) is 62.7 Å². The van der Waals surface area contributed by atoms with Crippen LogP contribution in [0.15, 0.2) is 48.8 Å². The number of hydrogen-bond donors (Lipinski definition) is 2. The summed E-state index contributed by atoms with van der Waals surface area (Å²) in [6.45, 7) is 7.60. The Balaban J connectivity index is 0.00000370. The van der Waals surface area contributed by atoms with E-state index in [4.69, 9.17) is 4.74 Å². The molecule has 5 rings (SSSR count). The van der Waals surface area contributed by atoms with Crippen molar-refractivity contribution in [2.75, 3.05) is 38.1 Å². The van der Waals surface area contributed by atoms with Crippen LogP contribution in [0.1, 0.15) is 33.4 Å². The third kappa shape index (κ3) is 6.26. The minimum absolute atomic E-state index is 0. The van der Waals surface area contributed by atoms with Crippen LogP contribution in [0.4, 0.5) is 15.1 Å². The van der Waals surface area contributed by atoms with Crippen molar-refractivity contribution in [2.45, 2.75) is 34.2 Å². The van der Waals surface area contributed by atoms with Crippen molar-refractivity contribution in [3.63, 3.8) is 0 Å². The summed E-state index contributed by atoms with van der Waals surface area (Å²) in [5.74, 6) is -0.0967. The number of ether oxygens (including phenoxy) is 1. The molecule has 0 radical (unpaired) electrons. The molecule has 0 bridgehead atoms. The number of carbonyl (C=O) groups is 2. The van der Waals surface area contributed by atoms with Crippen LogP contribution >= 0.6 is 0 Å². The highest BCUT2D eigenvalue weighted by atomic mass is 19.1. The molecule has 1 aliphatic heterocycles. The summed E-state index contributed by atoms with van der Waals surface area (Å²) < 4.78 is 19.7. The second kappa shape index (κ2) is 12.6. The molecule has 1 aliphatic rings. The Hall–Kier alpha value is -4.38. The van der Waals surface area contributed by atoms with E-state index >= 15 is 0 Å². The third-order valence-corrected chi connectivity index (χ3v) is 6.67. The summed E-state index contributed by atoms with van der Waals surface area (Å²) in [7, 11) is 0. The molecule has 10 nitrogen and oxygen atoms in total. The van der Waals surface area contributed by atoms with Gasteiger partial charge in [-0.2, -0.15) is 0 Å². The maximum atomic E-state index is 14.8. The zero-order valence-corrected chi connectivity index (χ0v) is 21.9. The Morgan fingerprint density at radius 1 is 1.07 bits per heavy atom. The number of aromatic amines is 1. The summed E-state index contributed by atoms with van der Waals surface area (Å²) in [4.78, 5) is 44.5. The van der Waals surface area contributed by atoms with Gasteiger partial charge in [-0.1, -0.05) is 20.4 Å². The van der Waals surface area contributed by atoms with Gasteiger partial charge in [0.05, 0.1) is 17.8 Å². The summed E-state index contributed by atoms with van der Waals surface area (Å²) in [6.07, 6.45) is 3.21. The van der Waals surface area contributed by atoms with E-state index in [1.165, 1.54) is 18.3 Å². The average molecular weight is 548 g/mol. The lowest BCUT2D eigenvalue weighted by Crippen LogP contribution is -2.48. The van der Waals surface area contributed by atoms with E-state index < -0.39 is 11.9 Å². The molecule has 0 atom stereocenters. The van der Waals surface area contributed by atoms with Crippen LogP contribution in [0.5, 0.6) is 0 Å². The highest BCUT2D eigenvalue weighted by molar-refractivity contribution is 5.97. The Bertz CT molecular complexity index is 1480. The normalized spacial score (nSPS) is 13.6. The third-order valence-electron chi connectivity index (χ3n) is 6.67. The largest absolute Gasteiger partial charge is 0.450 e. The fourth-order valence-corrected chi connectivity index (χ4v) is 4.67. The fourth-order valence-electron chi connectivity index (χ4n) is 4.67. The summed E-state index contributed by atoms with van der Waals surface area (Å²) in [5.41, 5.74) is 4.26. The fraction of sp³-hybridized carbons (Fsp3) is 0.345. The van der Waals surface area contributed by atoms with Gasteiger partial charge in [0.2, 0.25) is 11.9 Å². The molecule has 0 aliphatic carbocycles. The first-order chi connectivity index (χ1) is 18.9. The van der Waals surface area contributed by atoms with Gasteiger partial charge < -0.3 is 14.6 Å². The van der Waals surface area contributed by atoms with Crippen molar-refractivity contribution >= 4 is 29.0 Å². The number of carbonyl (C=O) groups excluding carboxylic acids is 2. The monoisotopic (exact) mass is 547 g/mol. The Kier molecular flexibility index (Phi) is 9.05. The number of nitrogens with zero attached hydrogens (tertiary/aromatic N) is 5. The predicted molar refractivity (Wildman–Crippen MR) is 152 cm³/mol. The standard InChI is InChI=1S/C28H30FN7O3.CH4/c1-3-24(37)36-12-10-35(11-13-36)17-20-8-7-18(16-31-20)19-14-21(25-22(29)6-5-9-30-25)26-23(15-19)32-27(33-26)34-28(38)39-4-2;/h5-9,14-16H,3-4,10-13,17H2,1-2H3,(H2,32,33,34,38);1H4. The second-order valence-electron chi connectivity index (χ2n) is 9.23. The van der Waals surface area contributed by atoms with E-state index in [9.17, 15) is 14.0 Å². The van der Waals surface area contributed by atoms with Crippen molar-refractivity contribution in [2.24, 2.45) is 0 Å². The first kappa shape index (κ1) is 28.6. The lowest BCUT2D eigenvalue weighted by Gasteiger charge is -2.34. The molecule has 40 heavy (non-hydrogen) atoms. The zero-order chi connectivity index (χ0) is 27.4. The van der Waals surface area contributed by atoms with Crippen LogP contribution in [0.2, 0.25) is 0 Å². The molecule has 4 heterocycles. The van der Waals surface area contributed by atoms with Gasteiger partial charge in [-0.25, -0.2) is 14.2 Å². The van der Waals surface area contributed by atoms with E-state index in [1.54, 1.807) is 13.1 Å². The molecule has 0 spiro atoms. The number of aromatic nitrogens is 4. The summed E-state index contributed by atoms with van der Waals surface area (Å²) >= 11 is 0. The highest BCUT2D eigenvalue weighted by Gasteiger charge is 2.21. The molecule has 4 aromatic rings. The van der Waals surface area contributed by atoms with Crippen LogP contribution in [0, 0.1) is 5.82 Å². The van der Waals surface area contributed by atoms with Crippen LogP contribution in [0.25, 0.3) is 33.4 Å². The molecule has 1 fully saturated rings. The van der Waals surface area contributed by atoms with Crippen molar-refractivity contribution in [3.05, 3.63) is 60.3 Å². The molecular weight excluding hydrogens is 513 g/mol. The number of benzene rings is 1. The zero-order valence-electron chi connectivity index (χ0n) is 21.9. The molecule has 1 aromatic carbocycles. The topological polar surface area (TPSA) is 116 Å². The SMILES string of the molecule is C.CCOC(=O)Nc1nc2c(-c3ncccc3F)cc(-c3ccc(CN4CCN(C(=O)CC)CC4)nc3)cc2[nH]1. The van der Waals surface area contributed by atoms with Crippen molar-refractivity contribution in [3.8, 4) is 22.4 Å². The number of anilines is 1. The quantitative estimate of drug-likeness (QED) is 0.331. The summed E-state index contributed by atoms with van der Waals surface area (Å²) in [6, 6.07) is 10.5. The van der Waals surface area contributed by atoms with Gasteiger partial charge in [0.1, 0.15) is 17.0 Å². The predicted octanol–water partition coefficient (Wildman–Crippen LogP) is 5.08. The van der Waals surface area contributed by atoms with Crippen LogP contribution < -0.4 is 5.32 Å². The molecule has 0 saturated carbocycles. The number of pyridine rings is 2. The number of amides is 2. The van der Waals surface area contributed by atoms with E-state index in [1.807, 2.05) is 36.1 Å². The number of H-pyrrole nitrogens is 1. The van der Waals surface area contributed by atoms with Crippen molar-refractivity contribution in [1.29, 1.82) is 0 Å². The van der Waals surface area contributed by atoms with Gasteiger partial charge >= 0.3 is 6.09 Å². The van der Waals surface area contributed by atoms with Crippen LogP contribution in [0.3, 0.4) is 0 Å². The Morgan fingerprint density at radius 2 is 1.88 bits per heavy atom. The van der Waals surface area contributed by atoms with Crippen LogP contribution in [-0.2, 0) is 16.1 Å². The number of hydrogen-bond acceptors (Lipinski definition) is 7. The first-order valence-corrected chi connectivity index (χ1v) is 13.0. The average Bonchev–Trinajstić information content (AvgIpc) is 3.35. The van der Waals surface area contributed by atoms with Gasteiger partial charge in [-0.3, -0.25) is 25.0 Å². The molecule has 11 heteroatoms. The smallest absolute Gasteiger partial charge is 0.413 e. The number of fused-ring (bicyclic) bond motifs is 1. The van der Waals surface area contributed by atoms with Gasteiger partial charge in [-0.05, 0) is 42.8 Å². The van der Waals surface area contributed by atoms with Crippen molar-refractivity contribution in [1.82, 2.24) is 29.7 Å². The van der Waals surface area contributed by atoms with Gasteiger partial charge in [-0.15, -0.1) is 0 Å². The van der Waals surface area contributed by atoms with E-state index in [-0.39, 0.29) is 31.6 Å². The maximum Gasteiger partial charge on any atom is 0.413 e. The number of halogens is 1. The highest BCUT2D eigenvalue weighted by Crippen LogP contribution is 2.34. The first-order valence-electron chi connectivity index (χ1n) is 13.0. The lowest BCUT2D eigenvalue weighted by atomic mass is 10.0. The van der Waals surface area contributed by atoms with Gasteiger partial charge in [0.15, 0.2) is 0 Å². The van der Waals surface area contributed by atoms with Gasteiger partial charge in [0.25, 0.3) is 0 Å². The summed E-state index contributed by atoms with van der Waals surface area (Å²) in [5, 5.41) is 2.56. The molecule has 3 aromatic heterocycles. The van der Waals surface area contributed by atoms with Crippen molar-refractivity contribution < 1.29 is 18.7 Å². The molecule has 210 valence electrons. The number of piperazine rings is 1. The van der Waals surface area contributed by atoms with E-state index in [0.29, 0.717) is 29.6 Å². The van der Waals surface area contributed by atoms with E-state index in [0.717, 1.165) is 43.0 Å². The Morgan fingerprint density at radius 3 is 2.55 bits per heavy atom. The molecule has 0 unspecified atom stereocenters. The molecule has 2 amide bonds.